The van der Waals surface area contributed by atoms with Gasteiger partial charge in [0.1, 0.15) is 0 Å². The smallest absolute Gasteiger partial charge is 0.321 e. The van der Waals surface area contributed by atoms with Gasteiger partial charge in [-0.2, -0.15) is 13.2 Å². The average molecular weight is 380 g/mol. The third-order valence-electron chi connectivity index (χ3n) is 2.74. The first-order valence-electron chi connectivity index (χ1n) is 6.19. The maximum absolute atomic E-state index is 12.5. The Hall–Kier alpha value is -2.20. The van der Waals surface area contributed by atoms with Crippen LogP contribution in [0.3, 0.4) is 0 Å². The molecule has 2 aromatic rings. The molecule has 1 amide bonds. The lowest BCUT2D eigenvalue weighted by Gasteiger charge is -2.09. The molecule has 0 unspecified atom stereocenters. The first-order valence-corrected chi connectivity index (χ1v) is 8.46. The number of nitrogens with zero attached hydrogens (tertiary/aromatic N) is 2. The van der Waals surface area contributed by atoms with E-state index in [1.165, 1.54) is 0 Å². The van der Waals surface area contributed by atoms with Gasteiger partial charge in [0.2, 0.25) is 15.0 Å². The van der Waals surface area contributed by atoms with E-state index in [1.54, 1.807) is 0 Å². The number of carbonyl (C=O) groups is 1. The van der Waals surface area contributed by atoms with Gasteiger partial charge >= 0.3 is 6.18 Å². The van der Waals surface area contributed by atoms with Crippen LogP contribution in [0.25, 0.3) is 0 Å². The Kier molecular flexibility index (Phi) is 4.81. The molecule has 0 bridgehead atoms. The molecule has 0 saturated carbocycles. The van der Waals surface area contributed by atoms with Crippen LogP contribution < -0.4 is 5.32 Å². The van der Waals surface area contributed by atoms with Crippen molar-refractivity contribution < 1.29 is 26.4 Å². The molecule has 24 heavy (non-hydrogen) atoms. The van der Waals surface area contributed by atoms with Gasteiger partial charge in [-0.1, -0.05) is 11.6 Å². The van der Waals surface area contributed by atoms with Crippen LogP contribution in [0.1, 0.15) is 16.1 Å². The third-order valence-corrected chi connectivity index (χ3v) is 3.88. The maximum atomic E-state index is 12.5. The van der Waals surface area contributed by atoms with Crippen molar-refractivity contribution in [2.45, 2.75) is 11.3 Å². The highest BCUT2D eigenvalue weighted by molar-refractivity contribution is 7.90. The van der Waals surface area contributed by atoms with Gasteiger partial charge in [-0.05, 0) is 24.3 Å². The summed E-state index contributed by atoms with van der Waals surface area (Å²) in [7, 11) is -3.76. The summed E-state index contributed by atoms with van der Waals surface area (Å²) in [5.41, 5.74) is -1.23. The summed E-state index contributed by atoms with van der Waals surface area (Å²) in [5, 5.41) is 1.49. The topological polar surface area (TPSA) is 89.0 Å². The molecule has 128 valence electrons. The SMILES string of the molecule is CS(=O)(=O)c1ncc(Cl)c(C(=O)Nc2ccc(C(F)(F)F)cc2)n1. The molecule has 1 aromatic carbocycles. The number of rotatable bonds is 3. The van der Waals surface area contributed by atoms with Crippen molar-refractivity contribution in [3.8, 4) is 0 Å². The fraction of sp³-hybridized carbons (Fsp3) is 0.154. The predicted octanol–water partition coefficient (Wildman–Crippen LogP) is 2.80. The van der Waals surface area contributed by atoms with Gasteiger partial charge in [-0.15, -0.1) is 0 Å². The van der Waals surface area contributed by atoms with Crippen molar-refractivity contribution >= 4 is 33.0 Å². The van der Waals surface area contributed by atoms with E-state index in [4.69, 9.17) is 11.6 Å². The van der Waals surface area contributed by atoms with E-state index in [9.17, 15) is 26.4 Å². The minimum absolute atomic E-state index is 0.0589. The second-order valence-electron chi connectivity index (χ2n) is 4.65. The van der Waals surface area contributed by atoms with Gasteiger partial charge in [0.25, 0.3) is 5.91 Å². The quantitative estimate of drug-likeness (QED) is 0.828. The molecule has 0 radical (unpaired) electrons. The molecule has 0 spiro atoms. The van der Waals surface area contributed by atoms with E-state index >= 15 is 0 Å². The molecule has 6 nitrogen and oxygen atoms in total. The number of aromatic nitrogens is 2. The summed E-state index contributed by atoms with van der Waals surface area (Å²) in [5.74, 6) is -0.882. The molecule has 0 saturated heterocycles. The van der Waals surface area contributed by atoms with Crippen molar-refractivity contribution in [3.63, 3.8) is 0 Å². The zero-order valence-electron chi connectivity index (χ0n) is 11.9. The number of hydrogen-bond donors (Lipinski definition) is 1. The Morgan fingerprint density at radius 3 is 2.29 bits per heavy atom. The Labute approximate surface area is 139 Å². The van der Waals surface area contributed by atoms with Crippen LogP contribution in [0.2, 0.25) is 5.02 Å². The second-order valence-corrected chi connectivity index (χ2v) is 6.97. The molecule has 0 aliphatic rings. The van der Waals surface area contributed by atoms with E-state index in [0.29, 0.717) is 0 Å². The van der Waals surface area contributed by atoms with Crippen LogP contribution in [0.4, 0.5) is 18.9 Å². The van der Waals surface area contributed by atoms with Gasteiger partial charge in [-0.3, -0.25) is 4.79 Å². The highest BCUT2D eigenvalue weighted by Crippen LogP contribution is 2.30. The summed E-state index contributed by atoms with van der Waals surface area (Å²) in [6.45, 7) is 0. The van der Waals surface area contributed by atoms with Gasteiger partial charge in [0.15, 0.2) is 5.69 Å². The minimum atomic E-state index is -4.50. The largest absolute Gasteiger partial charge is 0.416 e. The van der Waals surface area contributed by atoms with Gasteiger partial charge < -0.3 is 5.32 Å². The van der Waals surface area contributed by atoms with Crippen molar-refractivity contribution in [1.29, 1.82) is 0 Å². The highest BCUT2D eigenvalue weighted by atomic mass is 35.5. The predicted molar refractivity (Wildman–Crippen MR) is 79.5 cm³/mol. The number of alkyl halides is 3. The number of nitrogens with one attached hydrogen (secondary N) is 1. The molecule has 1 heterocycles. The Bertz CT molecular complexity index is 884. The molecule has 0 aliphatic carbocycles. The molecule has 0 atom stereocenters. The second kappa shape index (κ2) is 6.36. The lowest BCUT2D eigenvalue weighted by molar-refractivity contribution is -0.137. The van der Waals surface area contributed by atoms with E-state index < -0.39 is 38.3 Å². The number of sulfone groups is 1. The van der Waals surface area contributed by atoms with Gasteiger partial charge in [-0.25, -0.2) is 18.4 Å². The zero-order chi connectivity index (χ0) is 18.1. The average Bonchev–Trinajstić information content (AvgIpc) is 2.46. The van der Waals surface area contributed by atoms with Crippen LogP contribution in [0.15, 0.2) is 35.6 Å². The van der Waals surface area contributed by atoms with Crippen molar-refractivity contribution in [2.24, 2.45) is 0 Å². The molecule has 11 heteroatoms. The molecule has 2 rings (SSSR count). The number of hydrogen-bond acceptors (Lipinski definition) is 5. The van der Waals surface area contributed by atoms with E-state index in [0.717, 1.165) is 36.7 Å². The van der Waals surface area contributed by atoms with Crippen LogP contribution >= 0.6 is 11.6 Å². The maximum Gasteiger partial charge on any atom is 0.416 e. The van der Waals surface area contributed by atoms with Gasteiger partial charge in [0.05, 0.1) is 16.8 Å². The normalized spacial score (nSPS) is 12.0. The Balaban J connectivity index is 2.27. The van der Waals surface area contributed by atoms with Crippen molar-refractivity contribution in [2.75, 3.05) is 11.6 Å². The highest BCUT2D eigenvalue weighted by Gasteiger charge is 2.30. The Morgan fingerprint density at radius 1 is 1.21 bits per heavy atom. The summed E-state index contributed by atoms with van der Waals surface area (Å²) in [6, 6.07) is 3.68. The standard InChI is InChI=1S/C13H9ClF3N3O3S/c1-24(22,23)12-18-6-9(14)10(20-12)11(21)19-8-4-2-7(3-5-8)13(15,16)17/h2-6H,1H3,(H,19,21). The van der Waals surface area contributed by atoms with Crippen molar-refractivity contribution in [3.05, 3.63) is 46.7 Å². The van der Waals surface area contributed by atoms with Crippen LogP contribution in [0, 0.1) is 0 Å². The number of carbonyl (C=O) groups excluding carboxylic acids is 1. The minimum Gasteiger partial charge on any atom is -0.321 e. The summed E-state index contributed by atoms with van der Waals surface area (Å²) in [6.07, 6.45) is -2.69. The van der Waals surface area contributed by atoms with E-state index in [1.807, 2.05) is 0 Å². The third kappa shape index (κ3) is 4.20. The van der Waals surface area contributed by atoms with E-state index in [2.05, 4.69) is 15.3 Å². The van der Waals surface area contributed by atoms with Gasteiger partial charge in [0, 0.05) is 11.9 Å². The number of amides is 1. The van der Waals surface area contributed by atoms with Crippen LogP contribution in [0.5, 0.6) is 0 Å². The number of benzene rings is 1. The molecule has 0 fully saturated rings. The summed E-state index contributed by atoms with van der Waals surface area (Å²) < 4.78 is 60.2. The molecule has 1 N–H and O–H groups in total. The molecule has 0 aliphatic heterocycles. The lowest BCUT2D eigenvalue weighted by atomic mass is 10.2. The van der Waals surface area contributed by atoms with Crippen molar-refractivity contribution in [1.82, 2.24) is 9.97 Å². The Morgan fingerprint density at radius 2 is 1.79 bits per heavy atom. The van der Waals surface area contributed by atoms with Crippen LogP contribution in [-0.2, 0) is 16.0 Å². The zero-order valence-corrected chi connectivity index (χ0v) is 13.5. The number of halogens is 4. The molecular weight excluding hydrogens is 371 g/mol. The monoisotopic (exact) mass is 379 g/mol. The molecule has 1 aromatic heterocycles. The lowest BCUT2D eigenvalue weighted by Crippen LogP contribution is -2.17. The molecular formula is C13H9ClF3N3O3S. The first-order chi connectivity index (χ1) is 11.0. The fourth-order valence-corrected chi connectivity index (χ4v) is 2.30. The summed E-state index contributed by atoms with van der Waals surface area (Å²) in [4.78, 5) is 19.2. The fourth-order valence-electron chi connectivity index (χ4n) is 1.62. The number of anilines is 1. The first kappa shape index (κ1) is 18.1. The van der Waals surface area contributed by atoms with E-state index in [-0.39, 0.29) is 10.7 Å². The van der Waals surface area contributed by atoms with Crippen LogP contribution in [-0.4, -0.2) is 30.5 Å². The summed E-state index contributed by atoms with van der Waals surface area (Å²) >= 11 is 5.76.